The highest BCUT2D eigenvalue weighted by atomic mass is 35.5. The van der Waals surface area contributed by atoms with Gasteiger partial charge in [0.2, 0.25) is 5.88 Å². The van der Waals surface area contributed by atoms with Gasteiger partial charge in [-0.1, -0.05) is 30.3 Å². The van der Waals surface area contributed by atoms with Crippen molar-refractivity contribution < 1.29 is 13.9 Å². The number of aryl methyl sites for hydroxylation is 1. The Labute approximate surface area is 209 Å². The Kier molecular flexibility index (Phi) is 5.87. The van der Waals surface area contributed by atoms with Gasteiger partial charge in [-0.25, -0.2) is 4.98 Å². The van der Waals surface area contributed by atoms with Crippen molar-refractivity contribution in [2.24, 2.45) is 0 Å². The third-order valence-electron chi connectivity index (χ3n) is 6.57. The lowest BCUT2D eigenvalue weighted by Crippen LogP contribution is -2.03. The summed E-state index contributed by atoms with van der Waals surface area (Å²) < 4.78 is 20.0. The summed E-state index contributed by atoms with van der Waals surface area (Å²) in [6.45, 7) is 5.01. The van der Waals surface area contributed by atoms with Gasteiger partial charge < -0.3 is 18.5 Å². The van der Waals surface area contributed by atoms with Crippen LogP contribution in [0.15, 0.2) is 83.4 Å². The van der Waals surface area contributed by atoms with Gasteiger partial charge in [0, 0.05) is 34.6 Å². The van der Waals surface area contributed by atoms with Crippen molar-refractivity contribution >= 4 is 45.2 Å². The number of nitrogens with zero attached hydrogens (tertiary/aromatic N) is 2. The summed E-state index contributed by atoms with van der Waals surface area (Å²) in [5, 5.41) is 3.25. The minimum Gasteiger partial charge on any atom is -0.497 e. The fourth-order valence-corrected chi connectivity index (χ4v) is 4.63. The SMILES string of the molecule is COc1ccc(Cn2c(C)c(C)c3ccnc(Oc4ccc5oc6ccccc6c5c4)c32)cc1.Cl. The summed E-state index contributed by atoms with van der Waals surface area (Å²) in [6.07, 6.45) is 1.81. The van der Waals surface area contributed by atoms with E-state index in [9.17, 15) is 0 Å². The zero-order valence-corrected chi connectivity index (χ0v) is 20.6. The number of methoxy groups -OCH3 is 1. The van der Waals surface area contributed by atoms with Crippen molar-refractivity contribution in [2.75, 3.05) is 7.11 Å². The average Bonchev–Trinajstić information content (AvgIpc) is 3.35. The zero-order chi connectivity index (χ0) is 23.2. The predicted octanol–water partition coefficient (Wildman–Crippen LogP) is 7.82. The Morgan fingerprint density at radius 1 is 0.829 bits per heavy atom. The molecule has 6 rings (SSSR count). The number of pyridine rings is 1. The number of hydrogen-bond donors (Lipinski definition) is 0. The Morgan fingerprint density at radius 3 is 2.37 bits per heavy atom. The number of hydrogen-bond acceptors (Lipinski definition) is 4. The van der Waals surface area contributed by atoms with Gasteiger partial charge in [-0.3, -0.25) is 0 Å². The van der Waals surface area contributed by atoms with Crippen LogP contribution in [0.1, 0.15) is 16.8 Å². The summed E-state index contributed by atoms with van der Waals surface area (Å²) in [4.78, 5) is 4.63. The lowest BCUT2D eigenvalue weighted by molar-refractivity contribution is 0.414. The van der Waals surface area contributed by atoms with Crippen LogP contribution in [0.25, 0.3) is 32.8 Å². The van der Waals surface area contributed by atoms with Gasteiger partial charge in [0.25, 0.3) is 0 Å². The first-order valence-corrected chi connectivity index (χ1v) is 11.3. The summed E-state index contributed by atoms with van der Waals surface area (Å²) in [7, 11) is 1.68. The summed E-state index contributed by atoms with van der Waals surface area (Å²) >= 11 is 0. The summed E-state index contributed by atoms with van der Waals surface area (Å²) in [5.74, 6) is 2.17. The van der Waals surface area contributed by atoms with Gasteiger partial charge in [0.1, 0.15) is 28.2 Å². The van der Waals surface area contributed by atoms with Crippen molar-refractivity contribution in [2.45, 2.75) is 20.4 Å². The van der Waals surface area contributed by atoms with Crippen LogP contribution in [-0.2, 0) is 6.54 Å². The average molecular weight is 485 g/mol. The molecule has 176 valence electrons. The largest absolute Gasteiger partial charge is 0.497 e. The molecule has 3 aromatic heterocycles. The fraction of sp³-hybridized carbons (Fsp3) is 0.138. The highest BCUT2D eigenvalue weighted by molar-refractivity contribution is 6.05. The van der Waals surface area contributed by atoms with E-state index in [1.165, 1.54) is 16.8 Å². The minimum atomic E-state index is 0. The first-order chi connectivity index (χ1) is 16.6. The van der Waals surface area contributed by atoms with E-state index in [1.54, 1.807) is 7.11 Å². The molecule has 0 atom stereocenters. The number of para-hydroxylation sites is 1. The van der Waals surface area contributed by atoms with Gasteiger partial charge >= 0.3 is 0 Å². The predicted molar refractivity (Wildman–Crippen MR) is 142 cm³/mol. The first-order valence-electron chi connectivity index (χ1n) is 11.3. The van der Waals surface area contributed by atoms with Crippen molar-refractivity contribution in [3.05, 3.63) is 95.8 Å². The van der Waals surface area contributed by atoms with Crippen LogP contribution in [0.2, 0.25) is 0 Å². The lowest BCUT2D eigenvalue weighted by Gasteiger charge is -2.12. The van der Waals surface area contributed by atoms with Gasteiger partial charge in [0.15, 0.2) is 0 Å². The molecule has 0 aliphatic heterocycles. The maximum atomic E-state index is 6.41. The third kappa shape index (κ3) is 3.88. The van der Waals surface area contributed by atoms with E-state index in [0.717, 1.165) is 44.3 Å². The number of halogens is 1. The maximum absolute atomic E-state index is 6.41. The van der Waals surface area contributed by atoms with Crippen LogP contribution >= 0.6 is 12.4 Å². The van der Waals surface area contributed by atoms with Crippen LogP contribution in [0.3, 0.4) is 0 Å². The first kappa shape index (κ1) is 22.8. The Morgan fingerprint density at radius 2 is 1.57 bits per heavy atom. The van der Waals surface area contributed by atoms with E-state index in [1.807, 2.05) is 54.7 Å². The minimum absolute atomic E-state index is 0. The standard InChI is InChI=1S/C29H24N2O3.ClH/c1-18-19(2)31(17-20-8-10-21(32-3)11-9-20)28-23(18)14-15-30-29(28)33-22-12-13-27-25(16-22)24-6-4-5-7-26(24)34-27;/h4-16H,17H2,1-3H3;1H. The van der Waals surface area contributed by atoms with Crippen molar-refractivity contribution in [3.8, 4) is 17.4 Å². The molecule has 3 heterocycles. The van der Waals surface area contributed by atoms with E-state index >= 15 is 0 Å². The van der Waals surface area contributed by atoms with Crippen molar-refractivity contribution in [1.29, 1.82) is 0 Å². The topological polar surface area (TPSA) is 49.4 Å². The van der Waals surface area contributed by atoms with E-state index in [-0.39, 0.29) is 12.4 Å². The van der Waals surface area contributed by atoms with Crippen LogP contribution in [0.5, 0.6) is 17.4 Å². The Hall–Kier alpha value is -3.96. The molecule has 0 fully saturated rings. The van der Waals surface area contributed by atoms with Gasteiger partial charge in [-0.05, 0) is 67.4 Å². The van der Waals surface area contributed by atoms with Crippen LogP contribution in [0.4, 0.5) is 0 Å². The molecule has 6 aromatic rings. The molecular formula is C29H25ClN2O3. The van der Waals surface area contributed by atoms with E-state index in [0.29, 0.717) is 12.4 Å². The van der Waals surface area contributed by atoms with Crippen molar-refractivity contribution in [3.63, 3.8) is 0 Å². The number of benzene rings is 3. The second-order valence-corrected chi connectivity index (χ2v) is 8.52. The highest BCUT2D eigenvalue weighted by Crippen LogP contribution is 2.36. The zero-order valence-electron chi connectivity index (χ0n) is 19.7. The molecule has 0 amide bonds. The highest BCUT2D eigenvalue weighted by Gasteiger charge is 2.18. The van der Waals surface area contributed by atoms with Crippen molar-refractivity contribution in [1.82, 2.24) is 9.55 Å². The number of rotatable bonds is 5. The molecule has 0 N–H and O–H groups in total. The summed E-state index contributed by atoms with van der Waals surface area (Å²) in [6, 6.07) is 24.2. The molecule has 0 spiro atoms. The molecule has 35 heavy (non-hydrogen) atoms. The number of furan rings is 1. The van der Waals surface area contributed by atoms with Crippen LogP contribution in [0, 0.1) is 13.8 Å². The van der Waals surface area contributed by atoms with Crippen LogP contribution in [-0.4, -0.2) is 16.7 Å². The van der Waals surface area contributed by atoms with E-state index < -0.39 is 0 Å². The molecule has 0 saturated carbocycles. The second kappa shape index (κ2) is 9.01. The molecule has 6 heteroatoms. The Bertz CT molecular complexity index is 1670. The smallest absolute Gasteiger partial charge is 0.244 e. The third-order valence-corrected chi connectivity index (χ3v) is 6.57. The van der Waals surface area contributed by atoms with Gasteiger partial charge in [-0.15, -0.1) is 12.4 Å². The monoisotopic (exact) mass is 484 g/mol. The summed E-state index contributed by atoms with van der Waals surface area (Å²) in [5.41, 5.74) is 6.31. The molecule has 0 radical (unpaired) electrons. The molecule has 0 saturated heterocycles. The molecule has 0 bridgehead atoms. The van der Waals surface area contributed by atoms with Gasteiger partial charge in [-0.2, -0.15) is 0 Å². The molecule has 0 aliphatic carbocycles. The molecule has 0 aliphatic rings. The molecule has 0 unspecified atom stereocenters. The van der Waals surface area contributed by atoms with E-state index in [4.69, 9.17) is 13.9 Å². The number of fused-ring (bicyclic) bond motifs is 4. The fourth-order valence-electron chi connectivity index (χ4n) is 4.63. The molecule has 5 nitrogen and oxygen atoms in total. The quantitative estimate of drug-likeness (QED) is 0.250. The van der Waals surface area contributed by atoms with Gasteiger partial charge in [0.05, 0.1) is 7.11 Å². The second-order valence-electron chi connectivity index (χ2n) is 8.52. The van der Waals surface area contributed by atoms with E-state index in [2.05, 4.69) is 47.7 Å². The normalized spacial score (nSPS) is 11.2. The molecular weight excluding hydrogens is 460 g/mol. The lowest BCUT2D eigenvalue weighted by atomic mass is 10.1. The van der Waals surface area contributed by atoms with Crippen LogP contribution < -0.4 is 9.47 Å². The number of ether oxygens (including phenoxy) is 2. The maximum Gasteiger partial charge on any atom is 0.244 e. The Balaban J connectivity index is 0.00000253. The molecule has 3 aromatic carbocycles. The number of aromatic nitrogens is 2.